The van der Waals surface area contributed by atoms with Gasteiger partial charge >= 0.3 is 10.1 Å². The summed E-state index contributed by atoms with van der Waals surface area (Å²) < 4.78 is 41.5. The number of rotatable bonds is 9. The fourth-order valence-electron chi connectivity index (χ4n) is 2.96. The van der Waals surface area contributed by atoms with Gasteiger partial charge in [0.15, 0.2) is 11.5 Å². The fourth-order valence-corrected chi connectivity index (χ4v) is 4.59. The molecule has 1 N–H and O–H groups in total. The first kappa shape index (κ1) is 25.8. The molecule has 0 heterocycles. The molecule has 3 aromatic rings. The summed E-state index contributed by atoms with van der Waals surface area (Å²) in [7, 11) is -2.77. The third kappa shape index (κ3) is 6.62. The fraction of sp³-hybridized carbons (Fsp3) is 0.120. The average Bonchev–Trinajstić information content (AvgIpc) is 2.85. The summed E-state index contributed by atoms with van der Waals surface area (Å²) in [6.07, 6.45) is 1.35. The number of carbonyl (C=O) groups is 1. The Hall–Kier alpha value is -3.81. The number of nitriles is 1. The second kappa shape index (κ2) is 11.6. The molecule has 0 radical (unpaired) electrons. The van der Waals surface area contributed by atoms with Crippen molar-refractivity contribution < 1.29 is 26.9 Å². The Morgan fingerprint density at radius 3 is 2.40 bits per heavy atom. The van der Waals surface area contributed by atoms with Crippen LogP contribution in [-0.4, -0.2) is 28.0 Å². The Morgan fingerprint density at radius 2 is 1.80 bits per heavy atom. The Balaban J connectivity index is 1.85. The molecule has 0 fully saturated rings. The lowest BCUT2D eigenvalue weighted by molar-refractivity contribution is -0.112. The maximum Gasteiger partial charge on any atom is 0.339 e. The zero-order valence-corrected chi connectivity index (χ0v) is 21.2. The third-order valence-electron chi connectivity index (χ3n) is 4.58. The van der Waals surface area contributed by atoms with E-state index in [1.807, 2.05) is 13.0 Å². The standard InChI is InChI=1S/C25H21BrN2O6S/c1-3-33-20-11-9-19(10-12-20)28-25(29)18(16-27)13-17-14-22(26)24(23(15-17)32-2)34-35(30,31)21-7-5-4-6-8-21/h4-15H,3H2,1-2H3,(H,28,29)/b18-13+. The number of amides is 1. The lowest BCUT2D eigenvalue weighted by Gasteiger charge is -2.13. The van der Waals surface area contributed by atoms with Crippen LogP contribution in [0.2, 0.25) is 0 Å². The van der Waals surface area contributed by atoms with Crippen molar-refractivity contribution in [3.8, 4) is 23.3 Å². The van der Waals surface area contributed by atoms with Gasteiger partial charge in [0.2, 0.25) is 0 Å². The third-order valence-corrected chi connectivity index (χ3v) is 6.40. The van der Waals surface area contributed by atoms with Gasteiger partial charge in [-0.25, -0.2) is 0 Å². The van der Waals surface area contributed by atoms with Gasteiger partial charge in [0.25, 0.3) is 5.91 Å². The van der Waals surface area contributed by atoms with Crippen molar-refractivity contribution >= 4 is 43.7 Å². The minimum atomic E-state index is -4.11. The number of ether oxygens (including phenoxy) is 2. The van der Waals surface area contributed by atoms with E-state index in [9.17, 15) is 18.5 Å². The van der Waals surface area contributed by atoms with Crippen LogP contribution in [0.4, 0.5) is 5.69 Å². The molecule has 10 heteroatoms. The first-order valence-corrected chi connectivity index (χ1v) is 12.5. The largest absolute Gasteiger partial charge is 0.494 e. The van der Waals surface area contributed by atoms with Gasteiger partial charge in [-0.05, 0) is 83.0 Å². The number of anilines is 1. The topological polar surface area (TPSA) is 115 Å². The lowest BCUT2D eigenvalue weighted by atomic mass is 10.1. The van der Waals surface area contributed by atoms with E-state index in [2.05, 4.69) is 21.2 Å². The number of nitrogens with zero attached hydrogens (tertiary/aromatic N) is 1. The van der Waals surface area contributed by atoms with E-state index >= 15 is 0 Å². The number of carbonyl (C=O) groups excluding carboxylic acids is 1. The molecule has 35 heavy (non-hydrogen) atoms. The van der Waals surface area contributed by atoms with Gasteiger partial charge in [0, 0.05) is 5.69 Å². The highest BCUT2D eigenvalue weighted by Crippen LogP contribution is 2.39. The maximum absolute atomic E-state index is 12.6. The Labute approximate surface area is 212 Å². The quantitative estimate of drug-likeness (QED) is 0.219. The first-order valence-electron chi connectivity index (χ1n) is 10.3. The molecule has 0 spiro atoms. The van der Waals surface area contributed by atoms with Gasteiger partial charge in [0.05, 0.1) is 18.2 Å². The molecule has 3 aromatic carbocycles. The maximum atomic E-state index is 12.6. The van der Waals surface area contributed by atoms with E-state index in [1.54, 1.807) is 42.5 Å². The number of benzene rings is 3. The zero-order chi connectivity index (χ0) is 25.4. The highest BCUT2D eigenvalue weighted by molar-refractivity contribution is 9.10. The number of hydrogen-bond acceptors (Lipinski definition) is 7. The van der Waals surface area contributed by atoms with Gasteiger partial charge in [-0.15, -0.1) is 0 Å². The van der Waals surface area contributed by atoms with Crippen molar-refractivity contribution in [1.29, 1.82) is 5.26 Å². The molecule has 0 atom stereocenters. The smallest absolute Gasteiger partial charge is 0.339 e. The summed E-state index contributed by atoms with van der Waals surface area (Å²) in [5.74, 6) is 0.0778. The number of halogens is 1. The molecule has 0 unspecified atom stereocenters. The Bertz CT molecular complexity index is 1380. The van der Waals surface area contributed by atoms with Gasteiger partial charge in [-0.2, -0.15) is 13.7 Å². The lowest BCUT2D eigenvalue weighted by Crippen LogP contribution is -2.13. The van der Waals surface area contributed by atoms with Crippen LogP contribution in [0.25, 0.3) is 6.08 Å². The molecule has 180 valence electrons. The summed E-state index contributed by atoms with van der Waals surface area (Å²) >= 11 is 3.29. The van der Waals surface area contributed by atoms with Crippen molar-refractivity contribution in [2.75, 3.05) is 19.0 Å². The van der Waals surface area contributed by atoms with Gasteiger partial charge in [0.1, 0.15) is 22.3 Å². The van der Waals surface area contributed by atoms with Crippen LogP contribution in [0.1, 0.15) is 12.5 Å². The Morgan fingerprint density at radius 1 is 1.11 bits per heavy atom. The number of nitrogens with one attached hydrogen (secondary N) is 1. The van der Waals surface area contributed by atoms with E-state index in [-0.39, 0.29) is 26.4 Å². The van der Waals surface area contributed by atoms with Gasteiger partial charge < -0.3 is 19.0 Å². The molecule has 0 saturated carbocycles. The van der Waals surface area contributed by atoms with E-state index in [0.717, 1.165) is 0 Å². The molecule has 8 nitrogen and oxygen atoms in total. The molecular weight excluding hydrogens is 536 g/mol. The molecule has 0 bridgehead atoms. The molecule has 0 aliphatic rings. The Kier molecular flexibility index (Phi) is 8.52. The number of hydrogen-bond donors (Lipinski definition) is 1. The summed E-state index contributed by atoms with van der Waals surface area (Å²) in [4.78, 5) is 12.6. The van der Waals surface area contributed by atoms with E-state index in [4.69, 9.17) is 13.7 Å². The van der Waals surface area contributed by atoms with Crippen molar-refractivity contribution in [3.05, 3.63) is 82.3 Å². The summed E-state index contributed by atoms with van der Waals surface area (Å²) in [6, 6.07) is 19.3. The second-order valence-corrected chi connectivity index (χ2v) is 9.37. The van der Waals surface area contributed by atoms with Crippen molar-refractivity contribution in [2.24, 2.45) is 0 Å². The van der Waals surface area contributed by atoms with Crippen LogP contribution in [-0.2, 0) is 14.9 Å². The van der Waals surface area contributed by atoms with Crippen LogP contribution in [0.3, 0.4) is 0 Å². The zero-order valence-electron chi connectivity index (χ0n) is 18.8. The minimum Gasteiger partial charge on any atom is -0.494 e. The predicted molar refractivity (Wildman–Crippen MR) is 135 cm³/mol. The molecule has 3 rings (SSSR count). The SMILES string of the molecule is CCOc1ccc(NC(=O)/C(C#N)=C/c2cc(Br)c(OS(=O)(=O)c3ccccc3)c(OC)c2)cc1. The van der Waals surface area contributed by atoms with Crippen molar-refractivity contribution in [3.63, 3.8) is 0 Å². The molecule has 0 aliphatic heterocycles. The summed E-state index contributed by atoms with van der Waals surface area (Å²) in [5.41, 5.74) is 0.739. The van der Waals surface area contributed by atoms with E-state index in [1.165, 1.54) is 37.5 Å². The van der Waals surface area contributed by atoms with Crippen LogP contribution >= 0.6 is 15.9 Å². The molecule has 0 aliphatic carbocycles. The summed E-state index contributed by atoms with van der Waals surface area (Å²) in [6.45, 7) is 2.39. The van der Waals surface area contributed by atoms with Crippen LogP contribution < -0.4 is 19.0 Å². The van der Waals surface area contributed by atoms with Crippen molar-refractivity contribution in [2.45, 2.75) is 11.8 Å². The van der Waals surface area contributed by atoms with Gasteiger partial charge in [-0.3, -0.25) is 4.79 Å². The molecule has 1 amide bonds. The van der Waals surface area contributed by atoms with Crippen LogP contribution in [0.15, 0.2) is 81.7 Å². The first-order chi connectivity index (χ1) is 16.8. The van der Waals surface area contributed by atoms with Crippen LogP contribution in [0.5, 0.6) is 17.2 Å². The monoisotopic (exact) mass is 556 g/mol. The minimum absolute atomic E-state index is 0.0179. The average molecular weight is 557 g/mol. The molecular formula is C25H21BrN2O6S. The normalized spacial score (nSPS) is 11.3. The van der Waals surface area contributed by atoms with Crippen molar-refractivity contribution in [1.82, 2.24) is 0 Å². The van der Waals surface area contributed by atoms with E-state index in [0.29, 0.717) is 23.6 Å². The molecule has 0 saturated heterocycles. The van der Waals surface area contributed by atoms with E-state index < -0.39 is 16.0 Å². The van der Waals surface area contributed by atoms with Gasteiger partial charge in [-0.1, -0.05) is 18.2 Å². The highest BCUT2D eigenvalue weighted by Gasteiger charge is 2.22. The number of methoxy groups -OCH3 is 1. The summed E-state index contributed by atoms with van der Waals surface area (Å²) in [5, 5.41) is 12.2. The highest BCUT2D eigenvalue weighted by atomic mass is 79.9. The predicted octanol–water partition coefficient (Wildman–Crippen LogP) is 5.17. The van der Waals surface area contributed by atoms with Crippen LogP contribution in [0, 0.1) is 11.3 Å². The molecule has 0 aromatic heterocycles. The second-order valence-electron chi connectivity index (χ2n) is 6.97.